The Bertz CT molecular complexity index is 678. The summed E-state index contributed by atoms with van der Waals surface area (Å²) in [6, 6.07) is -0.213. The van der Waals surface area contributed by atoms with E-state index in [1.54, 1.807) is 35.7 Å². The molecule has 0 radical (unpaired) electrons. The molecule has 8 heteroatoms. The number of aliphatic hydroxyl groups excluding tert-OH is 1. The predicted molar refractivity (Wildman–Crippen MR) is 88.3 cm³/mol. The smallest absolute Gasteiger partial charge is 0.220 e. The molecule has 0 spiro atoms. The summed E-state index contributed by atoms with van der Waals surface area (Å²) in [5.74, 6) is 0.189. The molecule has 2 aromatic rings. The number of rotatable bonds is 6. The Labute approximate surface area is 145 Å². The van der Waals surface area contributed by atoms with Gasteiger partial charge < -0.3 is 10.4 Å². The van der Waals surface area contributed by atoms with Crippen molar-refractivity contribution >= 4 is 17.5 Å². The molecule has 7 nitrogen and oxygen atoms in total. The van der Waals surface area contributed by atoms with Gasteiger partial charge in [-0.15, -0.1) is 0 Å². The largest absolute Gasteiger partial charge is 0.391 e. The number of halogens is 1. The van der Waals surface area contributed by atoms with Crippen LogP contribution in [-0.2, 0) is 17.8 Å². The lowest BCUT2D eigenvalue weighted by Crippen LogP contribution is -2.40. The molecule has 2 heterocycles. The minimum atomic E-state index is -0.526. The van der Waals surface area contributed by atoms with Crippen molar-refractivity contribution in [2.24, 2.45) is 5.92 Å². The van der Waals surface area contributed by atoms with Crippen molar-refractivity contribution in [3.05, 3.63) is 41.7 Å². The molecule has 2 aromatic heterocycles. The van der Waals surface area contributed by atoms with E-state index in [0.29, 0.717) is 30.8 Å². The van der Waals surface area contributed by atoms with E-state index in [1.165, 1.54) is 0 Å². The van der Waals surface area contributed by atoms with E-state index in [-0.39, 0.29) is 17.9 Å². The molecule has 1 aliphatic rings. The van der Waals surface area contributed by atoms with Crippen LogP contribution in [0.3, 0.4) is 0 Å². The molecular weight excluding hydrogens is 330 g/mol. The average Bonchev–Trinajstić information content (AvgIpc) is 3.12. The van der Waals surface area contributed by atoms with Crippen LogP contribution in [0.5, 0.6) is 0 Å². The Morgan fingerprint density at radius 2 is 2.25 bits per heavy atom. The summed E-state index contributed by atoms with van der Waals surface area (Å²) in [6.45, 7) is 0.690. The molecule has 1 unspecified atom stereocenters. The Morgan fingerprint density at radius 1 is 1.38 bits per heavy atom. The van der Waals surface area contributed by atoms with E-state index in [2.05, 4.69) is 20.4 Å². The summed E-state index contributed by atoms with van der Waals surface area (Å²) in [7, 11) is 0. The fourth-order valence-electron chi connectivity index (χ4n) is 3.10. The molecule has 2 N–H and O–H groups in total. The van der Waals surface area contributed by atoms with Crippen LogP contribution in [0, 0.1) is 5.92 Å². The third-order valence-corrected chi connectivity index (χ3v) is 4.44. The van der Waals surface area contributed by atoms with Gasteiger partial charge in [-0.1, -0.05) is 11.6 Å². The Hall–Kier alpha value is -1.99. The summed E-state index contributed by atoms with van der Waals surface area (Å²) >= 11 is 5.86. The van der Waals surface area contributed by atoms with Crippen LogP contribution in [0.2, 0.25) is 5.02 Å². The van der Waals surface area contributed by atoms with Crippen LogP contribution >= 0.6 is 11.6 Å². The number of hydrogen-bond donors (Lipinski definition) is 2. The zero-order valence-corrected chi connectivity index (χ0v) is 13.9. The Morgan fingerprint density at radius 3 is 2.96 bits per heavy atom. The van der Waals surface area contributed by atoms with E-state index in [9.17, 15) is 9.90 Å². The average molecular weight is 350 g/mol. The molecule has 0 bridgehead atoms. The first-order valence-electron chi connectivity index (χ1n) is 8.00. The highest BCUT2D eigenvalue weighted by atomic mass is 35.5. The van der Waals surface area contributed by atoms with Gasteiger partial charge in [0.05, 0.1) is 29.1 Å². The second-order valence-corrected chi connectivity index (χ2v) is 6.59. The molecule has 3 atom stereocenters. The second-order valence-electron chi connectivity index (χ2n) is 6.16. The highest BCUT2D eigenvalue weighted by molar-refractivity contribution is 6.30. The number of nitrogens with zero attached hydrogens (tertiary/aromatic N) is 4. The van der Waals surface area contributed by atoms with E-state index in [0.717, 1.165) is 12.1 Å². The lowest BCUT2D eigenvalue weighted by molar-refractivity contribution is -0.122. The first-order valence-corrected chi connectivity index (χ1v) is 8.38. The van der Waals surface area contributed by atoms with Gasteiger partial charge in [0.15, 0.2) is 0 Å². The lowest BCUT2D eigenvalue weighted by atomic mass is 10.1. The molecule has 1 fully saturated rings. The van der Waals surface area contributed by atoms with Crippen molar-refractivity contribution in [2.45, 2.75) is 44.4 Å². The normalized spacial score (nSPS) is 23.3. The van der Waals surface area contributed by atoms with E-state index in [4.69, 9.17) is 11.6 Å². The van der Waals surface area contributed by atoms with Crippen LogP contribution in [0.4, 0.5) is 0 Å². The third-order valence-electron chi connectivity index (χ3n) is 4.24. The molecule has 1 saturated carbocycles. The van der Waals surface area contributed by atoms with Gasteiger partial charge >= 0.3 is 0 Å². The SMILES string of the molecule is O=C(CCc1cnccn1)N[C@@H]1CC(Cn2cc(Cl)cn2)C[C@H]1O. The molecule has 0 aromatic carbocycles. The van der Waals surface area contributed by atoms with Gasteiger partial charge in [0.1, 0.15) is 0 Å². The van der Waals surface area contributed by atoms with E-state index >= 15 is 0 Å². The number of amides is 1. The zero-order valence-electron chi connectivity index (χ0n) is 13.2. The first kappa shape index (κ1) is 16.9. The van der Waals surface area contributed by atoms with E-state index < -0.39 is 6.10 Å². The zero-order chi connectivity index (χ0) is 16.9. The number of aryl methyl sites for hydroxylation is 1. The molecule has 128 valence electrons. The minimum Gasteiger partial charge on any atom is -0.391 e. The highest BCUT2D eigenvalue weighted by Gasteiger charge is 2.34. The van der Waals surface area contributed by atoms with Crippen LogP contribution in [-0.4, -0.2) is 42.9 Å². The van der Waals surface area contributed by atoms with Gasteiger partial charge in [0.2, 0.25) is 5.91 Å². The Kier molecular flexibility index (Phi) is 5.42. The van der Waals surface area contributed by atoms with Gasteiger partial charge in [-0.2, -0.15) is 5.10 Å². The molecule has 3 rings (SSSR count). The van der Waals surface area contributed by atoms with Crippen LogP contribution < -0.4 is 5.32 Å². The van der Waals surface area contributed by atoms with Crippen LogP contribution in [0.15, 0.2) is 31.0 Å². The maximum absolute atomic E-state index is 12.1. The number of hydrogen-bond acceptors (Lipinski definition) is 5. The quantitative estimate of drug-likeness (QED) is 0.817. The lowest BCUT2D eigenvalue weighted by Gasteiger charge is -2.16. The minimum absolute atomic E-state index is 0.0764. The van der Waals surface area contributed by atoms with E-state index in [1.807, 2.05) is 0 Å². The van der Waals surface area contributed by atoms with Crippen molar-refractivity contribution in [1.29, 1.82) is 0 Å². The second kappa shape index (κ2) is 7.72. The monoisotopic (exact) mass is 349 g/mol. The topological polar surface area (TPSA) is 92.9 Å². The molecule has 1 amide bonds. The van der Waals surface area contributed by atoms with Crippen molar-refractivity contribution < 1.29 is 9.90 Å². The summed E-state index contributed by atoms with van der Waals surface area (Å²) in [6.07, 6.45) is 9.95. The van der Waals surface area contributed by atoms with Crippen LogP contribution in [0.1, 0.15) is 25.0 Å². The fraction of sp³-hybridized carbons (Fsp3) is 0.500. The number of carbonyl (C=O) groups is 1. The number of nitrogens with one attached hydrogen (secondary N) is 1. The predicted octanol–water partition coefficient (Wildman–Crippen LogP) is 1.21. The maximum atomic E-state index is 12.1. The van der Waals surface area contributed by atoms with Gasteiger partial charge in [0.25, 0.3) is 0 Å². The van der Waals surface area contributed by atoms with Crippen molar-refractivity contribution in [1.82, 2.24) is 25.1 Å². The molecule has 1 aliphatic carbocycles. The molecule has 0 saturated heterocycles. The standard InChI is InChI=1S/C16H20ClN5O2/c17-12-7-20-22(10-12)9-11-5-14(15(23)6-11)21-16(24)2-1-13-8-18-3-4-19-13/h3-4,7-8,10-11,14-15,23H,1-2,5-6,9H2,(H,21,24)/t11?,14-,15-/m1/s1. The van der Waals surface area contributed by atoms with Gasteiger partial charge in [0, 0.05) is 37.8 Å². The summed E-state index contributed by atoms with van der Waals surface area (Å²) in [4.78, 5) is 20.2. The van der Waals surface area contributed by atoms with Crippen LogP contribution in [0.25, 0.3) is 0 Å². The van der Waals surface area contributed by atoms with Gasteiger partial charge in [-0.05, 0) is 25.2 Å². The molecule has 24 heavy (non-hydrogen) atoms. The third kappa shape index (κ3) is 4.52. The Balaban J connectivity index is 1.45. The highest BCUT2D eigenvalue weighted by Crippen LogP contribution is 2.27. The first-order chi connectivity index (χ1) is 11.6. The number of aliphatic hydroxyl groups is 1. The summed E-state index contributed by atoms with van der Waals surface area (Å²) in [5, 5.41) is 17.9. The van der Waals surface area contributed by atoms with Crippen molar-refractivity contribution in [3.8, 4) is 0 Å². The molecular formula is C16H20ClN5O2. The van der Waals surface area contributed by atoms with Crippen molar-refractivity contribution in [3.63, 3.8) is 0 Å². The summed E-state index contributed by atoms with van der Waals surface area (Å²) < 4.78 is 1.78. The maximum Gasteiger partial charge on any atom is 0.220 e. The number of aromatic nitrogens is 4. The van der Waals surface area contributed by atoms with Crippen molar-refractivity contribution in [2.75, 3.05) is 0 Å². The summed E-state index contributed by atoms with van der Waals surface area (Å²) in [5.41, 5.74) is 0.785. The number of carbonyl (C=O) groups excluding carboxylic acids is 1. The molecule has 0 aliphatic heterocycles. The van der Waals surface area contributed by atoms with Gasteiger partial charge in [-0.3, -0.25) is 19.4 Å². The van der Waals surface area contributed by atoms with Gasteiger partial charge in [-0.25, -0.2) is 0 Å². The fourth-order valence-corrected chi connectivity index (χ4v) is 3.26.